The summed E-state index contributed by atoms with van der Waals surface area (Å²) in [5, 5.41) is 0.954. The summed E-state index contributed by atoms with van der Waals surface area (Å²) in [7, 11) is 1.71. The third-order valence-electron chi connectivity index (χ3n) is 1.86. The third kappa shape index (κ3) is 1.33. The van der Waals surface area contributed by atoms with Gasteiger partial charge in [0.1, 0.15) is 0 Å². The van der Waals surface area contributed by atoms with Crippen LogP contribution in [0.15, 0.2) is 33.7 Å². The van der Waals surface area contributed by atoms with Gasteiger partial charge in [0.05, 0.1) is 10.9 Å². The number of nitrogens with zero attached hydrogens (tertiary/aromatic N) is 2. The third-order valence-corrected chi connectivity index (χ3v) is 1.86. The second-order valence-electron chi connectivity index (χ2n) is 2.78. The van der Waals surface area contributed by atoms with Crippen molar-refractivity contribution in [2.45, 2.75) is 6.92 Å². The molecule has 3 heteroatoms. The van der Waals surface area contributed by atoms with Gasteiger partial charge in [-0.3, -0.25) is 4.99 Å². The van der Waals surface area contributed by atoms with Crippen LogP contribution >= 0.6 is 0 Å². The highest BCUT2D eigenvalue weighted by atomic mass is 16.3. The lowest BCUT2D eigenvalue weighted by Crippen LogP contribution is -2.04. The lowest BCUT2D eigenvalue weighted by Gasteiger charge is -1.97. The van der Waals surface area contributed by atoms with Crippen LogP contribution in [-0.2, 0) is 0 Å². The minimum atomic E-state index is 0.638. The molecule has 66 valence electrons. The molecule has 0 bridgehead atoms. The van der Waals surface area contributed by atoms with E-state index in [9.17, 15) is 0 Å². The summed E-state index contributed by atoms with van der Waals surface area (Å²) < 4.78 is 5.36. The molecule has 0 saturated carbocycles. The minimum absolute atomic E-state index is 0.638. The molecule has 1 heterocycles. The molecule has 0 aliphatic carbocycles. The summed E-state index contributed by atoms with van der Waals surface area (Å²) in [5.74, 6) is 0.638. The maximum Gasteiger partial charge on any atom is 0.225 e. The van der Waals surface area contributed by atoms with Crippen LogP contribution in [0.4, 0.5) is 0 Å². The van der Waals surface area contributed by atoms with Crippen LogP contribution in [0.25, 0.3) is 10.9 Å². The zero-order valence-electron chi connectivity index (χ0n) is 7.61. The van der Waals surface area contributed by atoms with Gasteiger partial charge < -0.3 is 4.42 Å². The first-order chi connectivity index (χ1) is 6.31. The Morgan fingerprint density at radius 3 is 2.85 bits per heavy atom. The van der Waals surface area contributed by atoms with E-state index in [1.807, 2.05) is 31.2 Å². The van der Waals surface area contributed by atoms with Gasteiger partial charge in [-0.15, -0.1) is 0 Å². The molecule has 1 aromatic carbocycles. The van der Waals surface area contributed by atoms with Crippen molar-refractivity contribution >= 4 is 10.9 Å². The van der Waals surface area contributed by atoms with Gasteiger partial charge in [0.25, 0.3) is 0 Å². The summed E-state index contributed by atoms with van der Waals surface area (Å²) in [6.45, 7) is 1.82. The highest BCUT2D eigenvalue weighted by molar-refractivity contribution is 5.76. The maximum absolute atomic E-state index is 5.36. The molecule has 3 nitrogen and oxygen atoms in total. The van der Waals surface area contributed by atoms with Crippen LogP contribution < -0.4 is 5.55 Å². The Morgan fingerprint density at radius 2 is 2.08 bits per heavy atom. The van der Waals surface area contributed by atoms with Crippen molar-refractivity contribution in [2.75, 3.05) is 7.05 Å². The minimum Gasteiger partial charge on any atom is -0.425 e. The first-order valence-electron chi connectivity index (χ1n) is 4.10. The molecule has 1 aromatic heterocycles. The summed E-state index contributed by atoms with van der Waals surface area (Å²) >= 11 is 0. The van der Waals surface area contributed by atoms with Gasteiger partial charge >= 0.3 is 0 Å². The van der Waals surface area contributed by atoms with Crippen molar-refractivity contribution < 1.29 is 4.42 Å². The Morgan fingerprint density at radius 1 is 1.31 bits per heavy atom. The van der Waals surface area contributed by atoms with Gasteiger partial charge in [0.2, 0.25) is 5.55 Å². The number of fused-ring (bicyclic) bond motifs is 1. The number of aromatic nitrogens is 1. The Bertz CT molecular complexity index is 499. The number of aryl methyl sites for hydroxylation is 1. The molecule has 0 atom stereocenters. The van der Waals surface area contributed by atoms with Crippen LogP contribution in [0.5, 0.6) is 0 Å². The largest absolute Gasteiger partial charge is 0.425 e. The smallest absolute Gasteiger partial charge is 0.225 e. The molecular formula is C10H10N2O. The zero-order chi connectivity index (χ0) is 9.26. The van der Waals surface area contributed by atoms with E-state index in [1.165, 1.54) is 0 Å². The molecular weight excluding hydrogens is 164 g/mol. The molecule has 0 radical (unpaired) electrons. The molecule has 0 N–H and O–H groups in total. The van der Waals surface area contributed by atoms with E-state index in [2.05, 4.69) is 9.98 Å². The molecule has 0 aliphatic heterocycles. The molecule has 0 amide bonds. The second kappa shape index (κ2) is 3.01. The van der Waals surface area contributed by atoms with Gasteiger partial charge in [0, 0.05) is 14.0 Å². The van der Waals surface area contributed by atoms with Gasteiger partial charge in [0.15, 0.2) is 5.89 Å². The predicted octanol–water partition coefficient (Wildman–Crippen LogP) is 1.67. The topological polar surface area (TPSA) is 38.4 Å². The summed E-state index contributed by atoms with van der Waals surface area (Å²) in [6, 6.07) is 7.80. The maximum atomic E-state index is 5.36. The molecule has 2 aromatic rings. The lowest BCUT2D eigenvalue weighted by molar-refractivity contribution is 0.453. The van der Waals surface area contributed by atoms with Crippen molar-refractivity contribution in [2.24, 2.45) is 4.99 Å². The number of hydrogen-bond donors (Lipinski definition) is 0. The molecule has 0 fully saturated rings. The normalized spacial score (nSPS) is 12.3. The van der Waals surface area contributed by atoms with Crippen molar-refractivity contribution in [1.82, 2.24) is 4.98 Å². The van der Waals surface area contributed by atoms with Crippen LogP contribution in [0, 0.1) is 6.92 Å². The van der Waals surface area contributed by atoms with Gasteiger partial charge in [-0.2, -0.15) is 0 Å². The highest BCUT2D eigenvalue weighted by Crippen LogP contribution is 2.06. The molecule has 0 spiro atoms. The van der Waals surface area contributed by atoms with E-state index in [0.29, 0.717) is 11.4 Å². The van der Waals surface area contributed by atoms with Gasteiger partial charge in [-0.1, -0.05) is 12.1 Å². The van der Waals surface area contributed by atoms with E-state index in [1.54, 1.807) is 7.05 Å². The number of rotatable bonds is 0. The van der Waals surface area contributed by atoms with Crippen LogP contribution in [0.3, 0.4) is 0 Å². The summed E-state index contributed by atoms with van der Waals surface area (Å²) in [5.41, 5.74) is 1.56. The Hall–Kier alpha value is -1.64. The van der Waals surface area contributed by atoms with E-state index < -0.39 is 0 Å². The fourth-order valence-corrected chi connectivity index (χ4v) is 1.31. The predicted molar refractivity (Wildman–Crippen MR) is 50.2 cm³/mol. The fourth-order valence-electron chi connectivity index (χ4n) is 1.31. The summed E-state index contributed by atoms with van der Waals surface area (Å²) in [6.07, 6.45) is 0. The molecule has 0 unspecified atom stereocenters. The van der Waals surface area contributed by atoms with Crippen LogP contribution in [0.2, 0.25) is 0 Å². The van der Waals surface area contributed by atoms with Gasteiger partial charge in [-0.25, -0.2) is 4.98 Å². The Labute approximate surface area is 75.8 Å². The fraction of sp³-hybridized carbons (Fsp3) is 0.200. The van der Waals surface area contributed by atoms with E-state index in [-0.39, 0.29) is 0 Å². The number of hydrogen-bond acceptors (Lipinski definition) is 3. The molecule has 2 rings (SSSR count). The van der Waals surface area contributed by atoms with E-state index in [4.69, 9.17) is 4.42 Å². The average Bonchev–Trinajstić information content (AvgIpc) is 2.16. The SMILES string of the molecule is CN=c1oc(C)nc2ccccc12. The van der Waals surface area contributed by atoms with Crippen LogP contribution in [-0.4, -0.2) is 12.0 Å². The Balaban J connectivity index is 2.99. The van der Waals surface area contributed by atoms with E-state index in [0.717, 1.165) is 10.9 Å². The quantitative estimate of drug-likeness (QED) is 0.609. The zero-order valence-corrected chi connectivity index (χ0v) is 7.61. The Kier molecular flexibility index (Phi) is 1.85. The molecule has 13 heavy (non-hydrogen) atoms. The van der Waals surface area contributed by atoms with Crippen molar-refractivity contribution in [3.8, 4) is 0 Å². The second-order valence-corrected chi connectivity index (χ2v) is 2.78. The standard InChI is InChI=1S/C10H10N2O/c1-7-12-9-6-4-3-5-8(9)10(11-2)13-7/h3-6H,1-2H3. The van der Waals surface area contributed by atoms with Crippen molar-refractivity contribution in [1.29, 1.82) is 0 Å². The number of para-hydroxylation sites is 1. The molecule has 0 saturated heterocycles. The summed E-state index contributed by atoms with van der Waals surface area (Å²) in [4.78, 5) is 8.31. The first kappa shape index (κ1) is 7.98. The average molecular weight is 174 g/mol. The highest BCUT2D eigenvalue weighted by Gasteiger charge is 1.98. The monoisotopic (exact) mass is 174 g/mol. The van der Waals surface area contributed by atoms with Crippen LogP contribution in [0.1, 0.15) is 5.89 Å². The van der Waals surface area contributed by atoms with E-state index >= 15 is 0 Å². The van der Waals surface area contributed by atoms with Crippen molar-refractivity contribution in [3.05, 3.63) is 35.7 Å². The first-order valence-corrected chi connectivity index (χ1v) is 4.10. The van der Waals surface area contributed by atoms with Crippen molar-refractivity contribution in [3.63, 3.8) is 0 Å². The molecule has 0 aliphatic rings. The lowest BCUT2D eigenvalue weighted by atomic mass is 10.2. The van der Waals surface area contributed by atoms with Gasteiger partial charge in [-0.05, 0) is 12.1 Å². The number of benzene rings is 1.